The summed E-state index contributed by atoms with van der Waals surface area (Å²) in [6.45, 7) is 4.96. The molecule has 7 heteroatoms. The van der Waals surface area contributed by atoms with E-state index in [0.717, 1.165) is 12.8 Å². The molecule has 0 aromatic carbocycles. The highest BCUT2D eigenvalue weighted by Gasteiger charge is 2.27. The smallest absolute Gasteiger partial charge is 0.303 e. The second kappa shape index (κ2) is 7.95. The SMILES string of the molecule is CC(C)OCCS(=O)(=O)N1CCC(CCC(=O)O)CC1. The first-order chi connectivity index (χ1) is 9.31. The normalized spacial score (nSPS) is 18.6. The van der Waals surface area contributed by atoms with Crippen molar-refractivity contribution in [3.63, 3.8) is 0 Å². The van der Waals surface area contributed by atoms with Crippen LogP contribution in [0, 0.1) is 5.92 Å². The largest absolute Gasteiger partial charge is 0.481 e. The molecular weight excluding hydrogens is 282 g/mol. The van der Waals surface area contributed by atoms with Crippen LogP contribution in [0.15, 0.2) is 0 Å². The van der Waals surface area contributed by atoms with Gasteiger partial charge in [-0.15, -0.1) is 0 Å². The van der Waals surface area contributed by atoms with Gasteiger partial charge in [-0.25, -0.2) is 12.7 Å². The molecular formula is C13H25NO5S. The molecule has 1 aliphatic heterocycles. The molecule has 1 aliphatic rings. The number of aliphatic carboxylic acids is 1. The topological polar surface area (TPSA) is 83.9 Å². The summed E-state index contributed by atoms with van der Waals surface area (Å²) in [4.78, 5) is 10.5. The van der Waals surface area contributed by atoms with Gasteiger partial charge < -0.3 is 9.84 Å². The van der Waals surface area contributed by atoms with Gasteiger partial charge in [0.1, 0.15) is 0 Å². The van der Waals surface area contributed by atoms with Gasteiger partial charge in [0.05, 0.1) is 18.5 Å². The number of sulfonamides is 1. The highest BCUT2D eigenvalue weighted by molar-refractivity contribution is 7.89. The molecule has 1 saturated heterocycles. The number of hydrogen-bond acceptors (Lipinski definition) is 4. The van der Waals surface area contributed by atoms with Crippen LogP contribution in [0.3, 0.4) is 0 Å². The molecule has 118 valence electrons. The van der Waals surface area contributed by atoms with Gasteiger partial charge in [0.15, 0.2) is 0 Å². The maximum atomic E-state index is 12.1. The second-order valence-corrected chi connectivity index (χ2v) is 7.60. The molecule has 0 saturated carbocycles. The quantitative estimate of drug-likeness (QED) is 0.731. The summed E-state index contributed by atoms with van der Waals surface area (Å²) in [5.74, 6) is -0.444. The molecule has 1 heterocycles. The van der Waals surface area contributed by atoms with Gasteiger partial charge in [-0.2, -0.15) is 0 Å². The van der Waals surface area contributed by atoms with E-state index in [1.165, 1.54) is 4.31 Å². The van der Waals surface area contributed by atoms with Crippen LogP contribution < -0.4 is 0 Å². The molecule has 0 aromatic rings. The van der Waals surface area contributed by atoms with Crippen LogP contribution in [0.25, 0.3) is 0 Å². The molecule has 0 aliphatic carbocycles. The Hall–Kier alpha value is -0.660. The van der Waals surface area contributed by atoms with Crippen LogP contribution in [0.1, 0.15) is 39.5 Å². The van der Waals surface area contributed by atoms with E-state index in [0.29, 0.717) is 25.4 Å². The minimum atomic E-state index is -3.24. The minimum absolute atomic E-state index is 0.0188. The summed E-state index contributed by atoms with van der Waals surface area (Å²) in [5.41, 5.74) is 0. The summed E-state index contributed by atoms with van der Waals surface area (Å²) >= 11 is 0. The third-order valence-corrected chi connectivity index (χ3v) is 5.36. The Bertz CT molecular complexity index is 399. The van der Waals surface area contributed by atoms with Crippen molar-refractivity contribution in [1.82, 2.24) is 4.31 Å². The third kappa shape index (κ3) is 6.19. The number of ether oxygens (including phenoxy) is 1. The lowest BCUT2D eigenvalue weighted by Gasteiger charge is -2.31. The van der Waals surface area contributed by atoms with Crippen molar-refractivity contribution in [2.45, 2.75) is 45.6 Å². The molecule has 1 rings (SSSR count). The van der Waals surface area contributed by atoms with Crippen LogP contribution in [0.2, 0.25) is 0 Å². The van der Waals surface area contributed by atoms with Gasteiger partial charge in [0.25, 0.3) is 0 Å². The zero-order valence-electron chi connectivity index (χ0n) is 12.2. The number of nitrogens with zero attached hydrogens (tertiary/aromatic N) is 1. The van der Waals surface area contributed by atoms with Crippen molar-refractivity contribution in [2.24, 2.45) is 5.92 Å². The number of hydrogen-bond donors (Lipinski definition) is 1. The first-order valence-electron chi connectivity index (χ1n) is 7.12. The van der Waals surface area contributed by atoms with E-state index in [4.69, 9.17) is 9.84 Å². The van der Waals surface area contributed by atoms with Crippen molar-refractivity contribution in [3.8, 4) is 0 Å². The zero-order chi connectivity index (χ0) is 15.2. The molecule has 1 fully saturated rings. The standard InChI is InChI=1S/C13H25NO5S/c1-11(2)19-9-10-20(17,18)14-7-5-12(6-8-14)3-4-13(15)16/h11-12H,3-10H2,1-2H3,(H,15,16). The number of rotatable bonds is 8. The Balaban J connectivity index is 2.34. The summed E-state index contributed by atoms with van der Waals surface area (Å²) in [7, 11) is -3.24. The number of carbonyl (C=O) groups is 1. The van der Waals surface area contributed by atoms with Crippen molar-refractivity contribution in [2.75, 3.05) is 25.4 Å². The monoisotopic (exact) mass is 307 g/mol. The van der Waals surface area contributed by atoms with Gasteiger partial charge >= 0.3 is 5.97 Å². The lowest BCUT2D eigenvalue weighted by Crippen LogP contribution is -2.40. The van der Waals surface area contributed by atoms with E-state index >= 15 is 0 Å². The maximum absolute atomic E-state index is 12.1. The first-order valence-corrected chi connectivity index (χ1v) is 8.73. The average Bonchev–Trinajstić information content (AvgIpc) is 2.36. The van der Waals surface area contributed by atoms with E-state index in [-0.39, 0.29) is 24.9 Å². The highest BCUT2D eigenvalue weighted by Crippen LogP contribution is 2.23. The van der Waals surface area contributed by atoms with Gasteiger partial charge in [0, 0.05) is 19.5 Å². The van der Waals surface area contributed by atoms with Gasteiger partial charge in [-0.05, 0) is 39.0 Å². The fourth-order valence-electron chi connectivity index (χ4n) is 2.32. The zero-order valence-corrected chi connectivity index (χ0v) is 13.1. The van der Waals surface area contributed by atoms with E-state index in [2.05, 4.69) is 0 Å². The summed E-state index contributed by atoms with van der Waals surface area (Å²) in [6, 6.07) is 0. The number of carboxylic acid groups (broad SMARTS) is 1. The lowest BCUT2D eigenvalue weighted by molar-refractivity contribution is -0.137. The molecule has 0 bridgehead atoms. The summed E-state index contributed by atoms with van der Waals surface area (Å²) < 4.78 is 31.0. The van der Waals surface area contributed by atoms with Crippen LogP contribution in [-0.4, -0.2) is 55.4 Å². The van der Waals surface area contributed by atoms with Crippen LogP contribution in [0.4, 0.5) is 0 Å². The van der Waals surface area contributed by atoms with E-state index in [9.17, 15) is 13.2 Å². The van der Waals surface area contributed by atoms with Crippen LogP contribution in [0.5, 0.6) is 0 Å². The Morgan fingerprint density at radius 3 is 2.45 bits per heavy atom. The fraction of sp³-hybridized carbons (Fsp3) is 0.923. The van der Waals surface area contributed by atoms with Gasteiger partial charge in [-0.3, -0.25) is 4.79 Å². The van der Waals surface area contributed by atoms with Crippen molar-refractivity contribution in [3.05, 3.63) is 0 Å². The molecule has 0 unspecified atom stereocenters. The Morgan fingerprint density at radius 1 is 1.35 bits per heavy atom. The summed E-state index contributed by atoms with van der Waals surface area (Å²) in [6.07, 6.45) is 2.33. The Kier molecular flexibility index (Phi) is 6.91. The van der Waals surface area contributed by atoms with Crippen molar-refractivity contribution < 1.29 is 23.1 Å². The molecule has 0 aromatic heterocycles. The lowest BCUT2D eigenvalue weighted by atomic mass is 9.93. The summed E-state index contributed by atoms with van der Waals surface area (Å²) in [5, 5.41) is 8.65. The molecule has 20 heavy (non-hydrogen) atoms. The molecule has 0 radical (unpaired) electrons. The van der Waals surface area contributed by atoms with Crippen molar-refractivity contribution >= 4 is 16.0 Å². The van der Waals surface area contributed by atoms with E-state index in [1.807, 2.05) is 13.8 Å². The third-order valence-electron chi connectivity index (χ3n) is 3.53. The van der Waals surface area contributed by atoms with Crippen molar-refractivity contribution in [1.29, 1.82) is 0 Å². The highest BCUT2D eigenvalue weighted by atomic mass is 32.2. The predicted molar refractivity (Wildman–Crippen MR) is 76.0 cm³/mol. The minimum Gasteiger partial charge on any atom is -0.481 e. The second-order valence-electron chi connectivity index (χ2n) is 5.51. The van der Waals surface area contributed by atoms with E-state index in [1.54, 1.807) is 0 Å². The van der Waals surface area contributed by atoms with Gasteiger partial charge in [-0.1, -0.05) is 0 Å². The van der Waals surface area contributed by atoms with Crippen LogP contribution >= 0.6 is 0 Å². The number of carboxylic acids is 1. The molecule has 0 spiro atoms. The average molecular weight is 307 g/mol. The van der Waals surface area contributed by atoms with E-state index < -0.39 is 16.0 Å². The van der Waals surface area contributed by atoms with Crippen LogP contribution in [-0.2, 0) is 19.6 Å². The van der Waals surface area contributed by atoms with Gasteiger partial charge in [0.2, 0.25) is 10.0 Å². The molecule has 6 nitrogen and oxygen atoms in total. The number of piperidine rings is 1. The molecule has 0 atom stereocenters. The fourth-order valence-corrected chi connectivity index (χ4v) is 3.65. The Labute approximate surface area is 121 Å². The predicted octanol–water partition coefficient (Wildman–Crippen LogP) is 1.32. The Morgan fingerprint density at radius 2 is 1.95 bits per heavy atom. The maximum Gasteiger partial charge on any atom is 0.303 e. The molecule has 0 amide bonds. The first kappa shape index (κ1) is 17.4. The molecule has 1 N–H and O–H groups in total.